The highest BCUT2D eigenvalue weighted by molar-refractivity contribution is 5.80. The average Bonchev–Trinajstić information content (AvgIpc) is 3.30. The number of hydrogen-bond donors (Lipinski definition) is 2. The van der Waals surface area contributed by atoms with Gasteiger partial charge >= 0.3 is 6.18 Å². The van der Waals surface area contributed by atoms with Gasteiger partial charge in [-0.25, -0.2) is 24.9 Å². The summed E-state index contributed by atoms with van der Waals surface area (Å²) in [6.45, 7) is 5.16. The summed E-state index contributed by atoms with van der Waals surface area (Å²) < 4.78 is 42.6. The maximum atomic E-state index is 13.6. The monoisotopic (exact) mass is 534 g/mol. The van der Waals surface area contributed by atoms with Crippen molar-refractivity contribution in [1.82, 2.24) is 34.4 Å². The summed E-state index contributed by atoms with van der Waals surface area (Å²) in [5, 5.41) is 12.4. The molecule has 5 heterocycles. The Labute approximate surface area is 222 Å². The van der Waals surface area contributed by atoms with Crippen LogP contribution in [0.1, 0.15) is 36.9 Å². The van der Waals surface area contributed by atoms with E-state index in [9.17, 15) is 13.2 Å². The highest BCUT2D eigenvalue weighted by Crippen LogP contribution is 2.36. The zero-order chi connectivity index (χ0) is 27.6. The fourth-order valence-corrected chi connectivity index (χ4v) is 4.82. The number of nitrogens with one attached hydrogen (secondary N) is 1. The number of fused-ring (bicyclic) bond motifs is 1. The van der Waals surface area contributed by atoms with Crippen LogP contribution in [0.4, 0.5) is 24.8 Å². The number of anilines is 2. The molecule has 4 aromatic rings. The number of halogens is 3. The Morgan fingerprint density at radius 3 is 2.62 bits per heavy atom. The van der Waals surface area contributed by atoms with Gasteiger partial charge in [0.1, 0.15) is 34.7 Å². The molecule has 1 aliphatic rings. The quantitative estimate of drug-likeness (QED) is 0.331. The van der Waals surface area contributed by atoms with Crippen molar-refractivity contribution in [3.05, 3.63) is 66.9 Å². The number of rotatable bonds is 7. The van der Waals surface area contributed by atoms with Crippen LogP contribution in [0.5, 0.6) is 0 Å². The maximum absolute atomic E-state index is 13.6. The molecule has 1 saturated heterocycles. The average molecular weight is 535 g/mol. The number of imidazole rings is 1. The van der Waals surface area contributed by atoms with E-state index in [1.807, 2.05) is 6.07 Å². The molecule has 4 aromatic heterocycles. The molecule has 10 nitrogen and oxygen atoms in total. The molecular formula is C26H25F3N10. The fourth-order valence-electron chi connectivity index (χ4n) is 4.82. The molecule has 1 atom stereocenters. The predicted octanol–water partition coefficient (Wildman–Crippen LogP) is 4.41. The highest BCUT2D eigenvalue weighted by atomic mass is 19.4. The molecule has 1 unspecified atom stereocenters. The standard InChI is InChI=1S/C26H25F3N10/c1-2-4-22(38-13-9-16(10-14-38)34-20-8-12-32-21(15-30)37-20)39-24(17-5-3-11-33-23(17)31)35-18-6-7-19(26(27,28)29)36-25(18)39/h2-3,5-8,11-12,16,22H,1,4,9-10,13-14H2,(H2,31,33)(H,32,34,37). The van der Waals surface area contributed by atoms with E-state index in [2.05, 4.69) is 41.7 Å². The molecule has 0 aliphatic carbocycles. The Balaban J connectivity index is 1.50. The molecule has 0 saturated carbocycles. The number of nitrogen functional groups attached to an aromatic ring is 1. The number of alkyl halides is 3. The molecule has 39 heavy (non-hydrogen) atoms. The van der Waals surface area contributed by atoms with Gasteiger partial charge in [-0.3, -0.25) is 9.47 Å². The van der Waals surface area contributed by atoms with Gasteiger partial charge in [0.25, 0.3) is 0 Å². The number of hydrogen-bond acceptors (Lipinski definition) is 9. The molecule has 1 aliphatic heterocycles. The predicted molar refractivity (Wildman–Crippen MR) is 139 cm³/mol. The van der Waals surface area contributed by atoms with E-state index in [4.69, 9.17) is 11.0 Å². The third kappa shape index (κ3) is 5.37. The van der Waals surface area contributed by atoms with Crippen LogP contribution in [0.2, 0.25) is 0 Å². The molecule has 1 fully saturated rings. The normalized spacial score (nSPS) is 15.6. The van der Waals surface area contributed by atoms with Crippen LogP contribution >= 0.6 is 0 Å². The molecule has 0 radical (unpaired) electrons. The SMILES string of the molecule is C=CCC(N1CCC(Nc2ccnc(C#N)n2)CC1)n1c(-c2cccnc2N)nc2ccc(C(F)(F)F)nc21. The van der Waals surface area contributed by atoms with Crippen LogP contribution in [0.25, 0.3) is 22.6 Å². The van der Waals surface area contributed by atoms with E-state index in [-0.39, 0.29) is 23.3 Å². The zero-order valence-corrected chi connectivity index (χ0v) is 20.8. The summed E-state index contributed by atoms with van der Waals surface area (Å²) in [6.07, 6.45) is 1.68. The number of nitrogens with zero attached hydrogens (tertiary/aromatic N) is 8. The summed E-state index contributed by atoms with van der Waals surface area (Å²) in [5.74, 6) is 1.26. The Morgan fingerprint density at radius 1 is 1.13 bits per heavy atom. The van der Waals surface area contributed by atoms with Crippen molar-refractivity contribution in [2.24, 2.45) is 0 Å². The molecule has 0 bridgehead atoms. The molecule has 3 N–H and O–H groups in total. The van der Waals surface area contributed by atoms with Crippen molar-refractivity contribution in [2.75, 3.05) is 24.1 Å². The van der Waals surface area contributed by atoms with E-state index >= 15 is 0 Å². The Kier molecular flexibility index (Phi) is 7.12. The first-order valence-electron chi connectivity index (χ1n) is 12.3. The lowest BCUT2D eigenvalue weighted by Gasteiger charge is -2.38. The third-order valence-electron chi connectivity index (χ3n) is 6.64. The van der Waals surface area contributed by atoms with Gasteiger partial charge in [-0.1, -0.05) is 6.08 Å². The van der Waals surface area contributed by atoms with Gasteiger partial charge in [0.2, 0.25) is 5.82 Å². The molecule has 5 rings (SSSR count). The first kappa shape index (κ1) is 26.1. The number of nitriles is 1. The first-order chi connectivity index (χ1) is 18.8. The Hall–Kier alpha value is -4.57. The maximum Gasteiger partial charge on any atom is 0.433 e. The van der Waals surface area contributed by atoms with Gasteiger partial charge in [0, 0.05) is 31.5 Å². The van der Waals surface area contributed by atoms with Crippen LogP contribution in [0.3, 0.4) is 0 Å². The molecule has 200 valence electrons. The zero-order valence-electron chi connectivity index (χ0n) is 20.8. The van der Waals surface area contributed by atoms with E-state index in [0.29, 0.717) is 42.2 Å². The van der Waals surface area contributed by atoms with Crippen molar-refractivity contribution in [3.63, 3.8) is 0 Å². The molecule has 0 spiro atoms. The minimum absolute atomic E-state index is 0.0865. The van der Waals surface area contributed by atoms with Crippen LogP contribution in [0, 0.1) is 11.3 Å². The number of nitrogens with two attached hydrogens (primary N) is 1. The van der Waals surface area contributed by atoms with Gasteiger partial charge in [-0.15, -0.1) is 6.58 Å². The summed E-state index contributed by atoms with van der Waals surface area (Å²) in [5.41, 5.74) is 6.11. The van der Waals surface area contributed by atoms with Gasteiger partial charge in [0.05, 0.1) is 11.7 Å². The largest absolute Gasteiger partial charge is 0.433 e. The topological polar surface area (TPSA) is 134 Å². The highest BCUT2D eigenvalue weighted by Gasteiger charge is 2.35. The minimum atomic E-state index is -4.61. The van der Waals surface area contributed by atoms with Gasteiger partial charge in [-0.05, 0) is 49.6 Å². The Bertz CT molecular complexity index is 1530. The van der Waals surface area contributed by atoms with Crippen LogP contribution in [-0.2, 0) is 6.18 Å². The second-order valence-corrected chi connectivity index (χ2v) is 9.12. The van der Waals surface area contributed by atoms with Crippen LogP contribution < -0.4 is 11.1 Å². The summed E-state index contributed by atoms with van der Waals surface area (Å²) in [7, 11) is 0. The molecule has 0 aromatic carbocycles. The van der Waals surface area contributed by atoms with Crippen LogP contribution in [-0.4, -0.2) is 53.5 Å². The minimum Gasteiger partial charge on any atom is -0.383 e. The van der Waals surface area contributed by atoms with E-state index in [1.165, 1.54) is 12.3 Å². The summed E-state index contributed by atoms with van der Waals surface area (Å²) in [6, 6.07) is 9.43. The van der Waals surface area contributed by atoms with Crippen molar-refractivity contribution in [1.29, 1.82) is 5.26 Å². The number of aromatic nitrogens is 6. The summed E-state index contributed by atoms with van der Waals surface area (Å²) in [4.78, 5) is 23.1. The second kappa shape index (κ2) is 10.7. The second-order valence-electron chi connectivity index (χ2n) is 9.12. The lowest BCUT2D eigenvalue weighted by atomic mass is 10.0. The van der Waals surface area contributed by atoms with Gasteiger partial charge < -0.3 is 11.1 Å². The van der Waals surface area contributed by atoms with Crippen LogP contribution in [0.15, 0.2) is 55.4 Å². The van der Waals surface area contributed by atoms with E-state index in [0.717, 1.165) is 18.9 Å². The van der Waals surface area contributed by atoms with Crippen molar-refractivity contribution in [2.45, 2.75) is 37.6 Å². The third-order valence-corrected chi connectivity index (χ3v) is 6.64. The Morgan fingerprint density at radius 2 is 1.92 bits per heavy atom. The van der Waals surface area contributed by atoms with E-state index in [1.54, 1.807) is 35.0 Å². The van der Waals surface area contributed by atoms with Crippen molar-refractivity contribution in [3.8, 4) is 17.5 Å². The van der Waals surface area contributed by atoms with Gasteiger partial charge in [0.15, 0.2) is 5.65 Å². The number of pyridine rings is 2. The molecular weight excluding hydrogens is 509 g/mol. The molecule has 0 amide bonds. The molecule has 13 heteroatoms. The van der Waals surface area contributed by atoms with Crippen molar-refractivity contribution < 1.29 is 13.2 Å². The lowest BCUT2D eigenvalue weighted by molar-refractivity contribution is -0.141. The van der Waals surface area contributed by atoms with Crippen molar-refractivity contribution >= 4 is 22.8 Å². The summed E-state index contributed by atoms with van der Waals surface area (Å²) >= 11 is 0. The smallest absolute Gasteiger partial charge is 0.383 e. The fraction of sp³-hybridized carbons (Fsp3) is 0.308. The van der Waals surface area contributed by atoms with E-state index < -0.39 is 18.0 Å². The van der Waals surface area contributed by atoms with Gasteiger partial charge in [-0.2, -0.15) is 18.4 Å². The lowest BCUT2D eigenvalue weighted by Crippen LogP contribution is -2.43. The number of likely N-dealkylation sites (tertiary alicyclic amines) is 1. The number of piperidine rings is 1. The first-order valence-corrected chi connectivity index (χ1v) is 12.3.